The molecule has 0 saturated heterocycles. The molecular formula is C15H28N2O. The zero-order valence-corrected chi connectivity index (χ0v) is 11.9. The highest BCUT2D eigenvalue weighted by atomic mass is 16.2. The standard InChI is InChI=1S/C15H28N2O/c1-14(2,12-6-3-4-7-12)11-17-13(18)15(10-16)8-5-9-15/h12H,3-11,16H2,1-2H3,(H,17,18). The van der Waals surface area contributed by atoms with E-state index < -0.39 is 0 Å². The normalized spacial score (nSPS) is 23.7. The molecule has 0 bridgehead atoms. The van der Waals surface area contributed by atoms with Crippen LogP contribution in [0.5, 0.6) is 0 Å². The van der Waals surface area contributed by atoms with Crippen LogP contribution in [0.4, 0.5) is 0 Å². The summed E-state index contributed by atoms with van der Waals surface area (Å²) in [7, 11) is 0. The summed E-state index contributed by atoms with van der Waals surface area (Å²) in [5.74, 6) is 0.968. The van der Waals surface area contributed by atoms with Gasteiger partial charge in [-0.2, -0.15) is 0 Å². The fourth-order valence-electron chi connectivity index (χ4n) is 3.47. The number of hydrogen-bond donors (Lipinski definition) is 2. The smallest absolute Gasteiger partial charge is 0.227 e. The van der Waals surface area contributed by atoms with E-state index in [1.165, 1.54) is 25.7 Å². The summed E-state index contributed by atoms with van der Waals surface area (Å²) in [5.41, 5.74) is 5.77. The highest BCUT2D eigenvalue weighted by Gasteiger charge is 2.43. The maximum absolute atomic E-state index is 12.2. The fraction of sp³-hybridized carbons (Fsp3) is 0.933. The van der Waals surface area contributed by atoms with Crippen molar-refractivity contribution in [3.05, 3.63) is 0 Å². The van der Waals surface area contributed by atoms with Crippen molar-refractivity contribution in [2.75, 3.05) is 13.1 Å². The molecule has 2 rings (SSSR count). The van der Waals surface area contributed by atoms with Crippen molar-refractivity contribution in [3.8, 4) is 0 Å². The van der Waals surface area contributed by atoms with Crippen LogP contribution in [0.3, 0.4) is 0 Å². The molecule has 104 valence electrons. The Hall–Kier alpha value is -0.570. The number of amides is 1. The molecule has 2 fully saturated rings. The number of carbonyl (C=O) groups excluding carboxylic acids is 1. The molecule has 0 unspecified atom stereocenters. The first kappa shape index (κ1) is 13.9. The average molecular weight is 252 g/mol. The lowest BCUT2D eigenvalue weighted by Gasteiger charge is -2.40. The Bertz CT molecular complexity index is 296. The van der Waals surface area contributed by atoms with Crippen molar-refractivity contribution in [1.29, 1.82) is 0 Å². The largest absolute Gasteiger partial charge is 0.355 e. The molecule has 3 N–H and O–H groups in total. The second-order valence-electron chi connectivity index (χ2n) is 6.99. The number of nitrogens with one attached hydrogen (secondary N) is 1. The van der Waals surface area contributed by atoms with Gasteiger partial charge in [0.05, 0.1) is 5.41 Å². The summed E-state index contributed by atoms with van der Waals surface area (Å²) in [6.45, 7) is 5.89. The predicted molar refractivity (Wildman–Crippen MR) is 74.1 cm³/mol. The molecule has 0 aromatic heterocycles. The lowest BCUT2D eigenvalue weighted by atomic mass is 9.68. The fourth-order valence-corrected chi connectivity index (χ4v) is 3.47. The van der Waals surface area contributed by atoms with Crippen LogP contribution in [0.15, 0.2) is 0 Å². The topological polar surface area (TPSA) is 55.1 Å². The number of carbonyl (C=O) groups is 1. The zero-order valence-electron chi connectivity index (χ0n) is 11.9. The molecular weight excluding hydrogens is 224 g/mol. The summed E-state index contributed by atoms with van der Waals surface area (Å²) < 4.78 is 0. The van der Waals surface area contributed by atoms with Crippen molar-refractivity contribution >= 4 is 5.91 Å². The van der Waals surface area contributed by atoms with Gasteiger partial charge in [-0.1, -0.05) is 33.1 Å². The Morgan fingerprint density at radius 3 is 2.33 bits per heavy atom. The summed E-state index contributed by atoms with van der Waals surface area (Å²) in [6, 6.07) is 0. The third-order valence-corrected chi connectivity index (χ3v) is 5.35. The van der Waals surface area contributed by atoms with Crippen LogP contribution in [0.25, 0.3) is 0 Å². The van der Waals surface area contributed by atoms with Crippen LogP contribution in [0.2, 0.25) is 0 Å². The van der Waals surface area contributed by atoms with E-state index in [0.717, 1.165) is 31.7 Å². The molecule has 0 atom stereocenters. The lowest BCUT2D eigenvalue weighted by molar-refractivity contribution is -0.135. The molecule has 3 nitrogen and oxygen atoms in total. The quantitative estimate of drug-likeness (QED) is 0.789. The van der Waals surface area contributed by atoms with Crippen LogP contribution in [0, 0.1) is 16.7 Å². The molecule has 18 heavy (non-hydrogen) atoms. The van der Waals surface area contributed by atoms with Gasteiger partial charge in [0.15, 0.2) is 0 Å². The van der Waals surface area contributed by atoms with Gasteiger partial charge in [0.25, 0.3) is 0 Å². The first-order valence-corrected chi connectivity index (χ1v) is 7.49. The van der Waals surface area contributed by atoms with Gasteiger partial charge in [0.2, 0.25) is 5.91 Å². The minimum Gasteiger partial charge on any atom is -0.355 e. The van der Waals surface area contributed by atoms with Crippen molar-refractivity contribution in [3.63, 3.8) is 0 Å². The monoisotopic (exact) mass is 252 g/mol. The van der Waals surface area contributed by atoms with Crippen LogP contribution >= 0.6 is 0 Å². The minimum atomic E-state index is -0.230. The Balaban J connectivity index is 1.84. The van der Waals surface area contributed by atoms with Gasteiger partial charge in [-0.15, -0.1) is 0 Å². The Kier molecular flexibility index (Phi) is 4.00. The summed E-state index contributed by atoms with van der Waals surface area (Å²) in [4.78, 5) is 12.2. The average Bonchev–Trinajstić information content (AvgIpc) is 2.80. The van der Waals surface area contributed by atoms with Gasteiger partial charge in [0, 0.05) is 13.1 Å². The molecule has 2 aliphatic carbocycles. The maximum atomic E-state index is 12.2. The van der Waals surface area contributed by atoms with Crippen LogP contribution in [0.1, 0.15) is 58.8 Å². The SMILES string of the molecule is CC(C)(CNC(=O)C1(CN)CCC1)C1CCCC1. The predicted octanol–water partition coefficient (Wildman–Crippen LogP) is 2.45. The Morgan fingerprint density at radius 1 is 1.28 bits per heavy atom. The molecule has 3 heteroatoms. The van der Waals surface area contributed by atoms with E-state index in [-0.39, 0.29) is 16.7 Å². The highest BCUT2D eigenvalue weighted by Crippen LogP contribution is 2.41. The van der Waals surface area contributed by atoms with Crippen LogP contribution in [-0.4, -0.2) is 19.0 Å². The maximum Gasteiger partial charge on any atom is 0.227 e. The first-order chi connectivity index (χ1) is 8.50. The van der Waals surface area contributed by atoms with Gasteiger partial charge in [-0.3, -0.25) is 4.79 Å². The van der Waals surface area contributed by atoms with E-state index in [1.807, 2.05) is 0 Å². The van der Waals surface area contributed by atoms with E-state index >= 15 is 0 Å². The molecule has 0 aromatic rings. The second-order valence-corrected chi connectivity index (χ2v) is 6.99. The molecule has 0 radical (unpaired) electrons. The van der Waals surface area contributed by atoms with Crippen molar-refractivity contribution in [1.82, 2.24) is 5.32 Å². The number of nitrogens with two attached hydrogens (primary N) is 1. The Morgan fingerprint density at radius 2 is 1.89 bits per heavy atom. The molecule has 0 aromatic carbocycles. The number of rotatable bonds is 5. The van der Waals surface area contributed by atoms with E-state index in [1.54, 1.807) is 0 Å². The molecule has 0 spiro atoms. The van der Waals surface area contributed by atoms with E-state index in [4.69, 9.17) is 5.73 Å². The molecule has 2 saturated carbocycles. The zero-order chi connectivity index (χ0) is 13.2. The summed E-state index contributed by atoms with van der Waals surface area (Å²) in [6.07, 6.45) is 8.45. The van der Waals surface area contributed by atoms with Gasteiger partial charge >= 0.3 is 0 Å². The van der Waals surface area contributed by atoms with Gasteiger partial charge in [-0.25, -0.2) is 0 Å². The Labute approximate surface area is 111 Å². The van der Waals surface area contributed by atoms with Crippen LogP contribution in [-0.2, 0) is 4.79 Å². The number of hydrogen-bond acceptors (Lipinski definition) is 2. The van der Waals surface area contributed by atoms with Crippen LogP contribution < -0.4 is 11.1 Å². The molecule has 2 aliphatic rings. The van der Waals surface area contributed by atoms with Crippen molar-refractivity contribution < 1.29 is 4.79 Å². The summed E-state index contributed by atoms with van der Waals surface area (Å²) >= 11 is 0. The lowest BCUT2D eigenvalue weighted by Crippen LogP contribution is -2.52. The van der Waals surface area contributed by atoms with Gasteiger partial charge in [-0.05, 0) is 37.0 Å². The van der Waals surface area contributed by atoms with E-state index in [2.05, 4.69) is 19.2 Å². The molecule has 1 amide bonds. The van der Waals surface area contributed by atoms with Crippen molar-refractivity contribution in [2.45, 2.75) is 58.8 Å². The van der Waals surface area contributed by atoms with E-state index in [9.17, 15) is 4.79 Å². The summed E-state index contributed by atoms with van der Waals surface area (Å²) in [5, 5.41) is 3.17. The van der Waals surface area contributed by atoms with Crippen molar-refractivity contribution in [2.24, 2.45) is 22.5 Å². The molecule has 0 heterocycles. The van der Waals surface area contributed by atoms with Gasteiger partial charge < -0.3 is 11.1 Å². The van der Waals surface area contributed by atoms with E-state index in [0.29, 0.717) is 6.54 Å². The highest BCUT2D eigenvalue weighted by molar-refractivity contribution is 5.83. The van der Waals surface area contributed by atoms with Gasteiger partial charge in [0.1, 0.15) is 0 Å². The first-order valence-electron chi connectivity index (χ1n) is 7.49. The third kappa shape index (κ3) is 2.56. The minimum absolute atomic E-state index is 0.197. The molecule has 0 aliphatic heterocycles. The second kappa shape index (κ2) is 5.20. The third-order valence-electron chi connectivity index (χ3n) is 5.35.